The molecule has 1 atom stereocenters. The van der Waals surface area contributed by atoms with E-state index >= 15 is 0 Å². The van der Waals surface area contributed by atoms with Crippen LogP contribution in [0.5, 0.6) is 5.88 Å². The Morgan fingerprint density at radius 2 is 2.22 bits per heavy atom. The fourth-order valence-electron chi connectivity index (χ4n) is 2.15. The monoisotopic (exact) mass is 249 g/mol. The van der Waals surface area contributed by atoms with Crippen molar-refractivity contribution in [1.29, 1.82) is 0 Å². The molecule has 1 aromatic rings. The van der Waals surface area contributed by atoms with Crippen molar-refractivity contribution in [3.05, 3.63) is 18.1 Å². The molecule has 0 saturated heterocycles. The van der Waals surface area contributed by atoms with Gasteiger partial charge in [0.25, 0.3) is 0 Å². The summed E-state index contributed by atoms with van der Waals surface area (Å²) < 4.78 is 5.52. The maximum Gasteiger partial charge on any atom is 0.232 e. The zero-order valence-corrected chi connectivity index (χ0v) is 11.4. The van der Waals surface area contributed by atoms with E-state index in [4.69, 9.17) is 4.74 Å². The number of nitrogens with zero attached hydrogens (tertiary/aromatic N) is 2. The first kappa shape index (κ1) is 13.3. The summed E-state index contributed by atoms with van der Waals surface area (Å²) in [7, 11) is 0. The zero-order valence-electron chi connectivity index (χ0n) is 11.4. The minimum absolute atomic E-state index is 0.547. The smallest absolute Gasteiger partial charge is 0.232 e. The summed E-state index contributed by atoms with van der Waals surface area (Å²) in [5.74, 6) is 1.48. The molecule has 4 nitrogen and oxygen atoms in total. The third-order valence-corrected chi connectivity index (χ3v) is 3.20. The lowest BCUT2D eigenvalue weighted by Gasteiger charge is -2.16. The van der Waals surface area contributed by atoms with Gasteiger partial charge in [0.05, 0.1) is 18.5 Å². The van der Waals surface area contributed by atoms with E-state index in [1.165, 1.54) is 12.8 Å². The predicted molar refractivity (Wildman–Crippen MR) is 71.7 cm³/mol. The maximum absolute atomic E-state index is 5.52. The predicted octanol–water partition coefficient (Wildman–Crippen LogP) is 2.20. The molecule has 18 heavy (non-hydrogen) atoms. The second-order valence-electron chi connectivity index (χ2n) is 4.90. The van der Waals surface area contributed by atoms with E-state index in [2.05, 4.69) is 29.1 Å². The molecule has 1 unspecified atom stereocenters. The standard InChI is InChI=1S/C14H23N3O/c1-3-7-18-14-10-15-9-12(17-14)8-13(16-4-2)11-5-6-11/h9-11,13,16H,3-8H2,1-2H3. The van der Waals surface area contributed by atoms with Crippen LogP contribution in [0.1, 0.15) is 38.8 Å². The second kappa shape index (κ2) is 6.69. The van der Waals surface area contributed by atoms with Gasteiger partial charge in [0.2, 0.25) is 5.88 Å². The molecule has 0 aromatic carbocycles. The third-order valence-electron chi connectivity index (χ3n) is 3.20. The van der Waals surface area contributed by atoms with Crippen LogP contribution in [-0.2, 0) is 6.42 Å². The molecule has 1 aromatic heterocycles. The van der Waals surface area contributed by atoms with Crippen LogP contribution in [0.4, 0.5) is 0 Å². The molecule has 4 heteroatoms. The molecule has 100 valence electrons. The van der Waals surface area contributed by atoms with Crippen molar-refractivity contribution < 1.29 is 4.74 Å². The van der Waals surface area contributed by atoms with Crippen molar-refractivity contribution in [2.24, 2.45) is 5.92 Å². The van der Waals surface area contributed by atoms with Gasteiger partial charge in [-0.3, -0.25) is 4.98 Å². The lowest BCUT2D eigenvalue weighted by Crippen LogP contribution is -2.33. The summed E-state index contributed by atoms with van der Waals surface area (Å²) in [6.45, 7) is 5.96. The molecule has 1 aliphatic carbocycles. The molecule has 1 aliphatic rings. The van der Waals surface area contributed by atoms with Crippen LogP contribution >= 0.6 is 0 Å². The van der Waals surface area contributed by atoms with Crippen molar-refractivity contribution in [2.75, 3.05) is 13.2 Å². The highest BCUT2D eigenvalue weighted by atomic mass is 16.5. The topological polar surface area (TPSA) is 47.0 Å². The van der Waals surface area contributed by atoms with Crippen LogP contribution in [0.2, 0.25) is 0 Å². The Hall–Kier alpha value is -1.16. The van der Waals surface area contributed by atoms with Gasteiger partial charge in [-0.25, -0.2) is 4.98 Å². The highest BCUT2D eigenvalue weighted by Crippen LogP contribution is 2.33. The highest BCUT2D eigenvalue weighted by molar-refractivity contribution is 5.10. The molecular formula is C14H23N3O. The van der Waals surface area contributed by atoms with Crippen LogP contribution < -0.4 is 10.1 Å². The van der Waals surface area contributed by atoms with E-state index < -0.39 is 0 Å². The minimum Gasteiger partial charge on any atom is -0.477 e. The molecule has 1 N–H and O–H groups in total. The number of rotatable bonds is 8. The van der Waals surface area contributed by atoms with Gasteiger partial charge in [0.15, 0.2) is 0 Å². The third kappa shape index (κ3) is 3.95. The Morgan fingerprint density at radius 3 is 2.89 bits per heavy atom. The summed E-state index contributed by atoms with van der Waals surface area (Å²) in [6.07, 6.45) is 8.18. The van der Waals surface area contributed by atoms with Gasteiger partial charge in [-0.15, -0.1) is 0 Å². The quantitative estimate of drug-likeness (QED) is 0.767. The fourth-order valence-corrected chi connectivity index (χ4v) is 2.15. The number of hydrogen-bond donors (Lipinski definition) is 1. The largest absolute Gasteiger partial charge is 0.477 e. The van der Waals surface area contributed by atoms with E-state index in [1.54, 1.807) is 6.20 Å². The van der Waals surface area contributed by atoms with E-state index in [0.29, 0.717) is 18.5 Å². The molecule has 0 amide bonds. The Labute approximate surface area is 109 Å². The number of ether oxygens (including phenoxy) is 1. The summed E-state index contributed by atoms with van der Waals surface area (Å²) in [5.41, 5.74) is 1.03. The van der Waals surface area contributed by atoms with Crippen molar-refractivity contribution in [3.8, 4) is 5.88 Å². The summed E-state index contributed by atoms with van der Waals surface area (Å²) in [4.78, 5) is 8.73. The van der Waals surface area contributed by atoms with Gasteiger partial charge in [-0.1, -0.05) is 13.8 Å². The SMILES string of the molecule is CCCOc1cncc(CC(NCC)C2CC2)n1. The molecule has 1 saturated carbocycles. The van der Waals surface area contributed by atoms with Crippen LogP contribution in [0, 0.1) is 5.92 Å². The van der Waals surface area contributed by atoms with Gasteiger partial charge in [-0.2, -0.15) is 0 Å². The Kier molecular flexibility index (Phi) is 4.93. The second-order valence-corrected chi connectivity index (χ2v) is 4.90. The molecule has 1 fully saturated rings. The summed E-state index contributed by atoms with van der Waals surface area (Å²) in [6, 6.07) is 0.547. The summed E-state index contributed by atoms with van der Waals surface area (Å²) in [5, 5.41) is 3.55. The van der Waals surface area contributed by atoms with Crippen molar-refractivity contribution >= 4 is 0 Å². The lowest BCUT2D eigenvalue weighted by molar-refractivity contribution is 0.302. The number of likely N-dealkylation sites (N-methyl/N-ethyl adjacent to an activating group) is 1. The van der Waals surface area contributed by atoms with Gasteiger partial charge >= 0.3 is 0 Å². The van der Waals surface area contributed by atoms with Crippen molar-refractivity contribution in [2.45, 2.75) is 45.6 Å². The fraction of sp³-hybridized carbons (Fsp3) is 0.714. The number of nitrogens with one attached hydrogen (secondary N) is 1. The molecule has 0 spiro atoms. The van der Waals surface area contributed by atoms with Crippen LogP contribution in [0.15, 0.2) is 12.4 Å². The Morgan fingerprint density at radius 1 is 1.39 bits per heavy atom. The maximum atomic E-state index is 5.52. The van der Waals surface area contributed by atoms with Gasteiger partial charge < -0.3 is 10.1 Å². The molecule has 2 rings (SSSR count). The highest BCUT2D eigenvalue weighted by Gasteiger charge is 2.30. The first-order chi connectivity index (χ1) is 8.83. The first-order valence-corrected chi connectivity index (χ1v) is 7.00. The zero-order chi connectivity index (χ0) is 12.8. The van der Waals surface area contributed by atoms with Gasteiger partial charge in [-0.05, 0) is 31.7 Å². The number of aromatic nitrogens is 2. The average Bonchev–Trinajstić information content (AvgIpc) is 3.21. The van der Waals surface area contributed by atoms with Crippen LogP contribution in [-0.4, -0.2) is 29.2 Å². The average molecular weight is 249 g/mol. The van der Waals surface area contributed by atoms with Gasteiger partial charge in [0, 0.05) is 18.7 Å². The minimum atomic E-state index is 0.547. The van der Waals surface area contributed by atoms with Crippen LogP contribution in [0.3, 0.4) is 0 Å². The molecule has 0 bridgehead atoms. The normalized spacial score (nSPS) is 16.6. The summed E-state index contributed by atoms with van der Waals surface area (Å²) >= 11 is 0. The molecular weight excluding hydrogens is 226 g/mol. The first-order valence-electron chi connectivity index (χ1n) is 7.00. The Balaban J connectivity index is 1.94. The van der Waals surface area contributed by atoms with E-state index in [0.717, 1.165) is 31.0 Å². The van der Waals surface area contributed by atoms with E-state index in [1.807, 2.05) is 6.20 Å². The van der Waals surface area contributed by atoms with Gasteiger partial charge in [0.1, 0.15) is 0 Å². The Bertz CT molecular complexity index is 366. The van der Waals surface area contributed by atoms with E-state index in [-0.39, 0.29) is 0 Å². The molecule has 1 heterocycles. The van der Waals surface area contributed by atoms with Crippen LogP contribution in [0.25, 0.3) is 0 Å². The number of hydrogen-bond acceptors (Lipinski definition) is 4. The van der Waals surface area contributed by atoms with E-state index in [9.17, 15) is 0 Å². The molecule has 0 aliphatic heterocycles. The van der Waals surface area contributed by atoms with Crippen molar-refractivity contribution in [3.63, 3.8) is 0 Å². The lowest BCUT2D eigenvalue weighted by atomic mass is 10.1. The molecule has 0 radical (unpaired) electrons. The van der Waals surface area contributed by atoms with Crippen molar-refractivity contribution in [1.82, 2.24) is 15.3 Å².